The number of imide groups is 1. The highest BCUT2D eigenvalue weighted by Crippen LogP contribution is 2.23. The van der Waals surface area contributed by atoms with Gasteiger partial charge in [0.1, 0.15) is 0 Å². The Balaban J connectivity index is 2.61. The number of hydrogen-bond acceptors (Lipinski definition) is 2. The van der Waals surface area contributed by atoms with Crippen LogP contribution in [0.5, 0.6) is 0 Å². The van der Waals surface area contributed by atoms with E-state index in [0.29, 0.717) is 5.56 Å². The fraction of sp³-hybridized carbons (Fsp3) is 0.111. The molecule has 4 heteroatoms. The van der Waals surface area contributed by atoms with Crippen molar-refractivity contribution in [1.82, 2.24) is 5.32 Å². The van der Waals surface area contributed by atoms with Crippen LogP contribution in [-0.2, 0) is 11.2 Å². The molecule has 0 spiro atoms. The normalized spacial score (nSPS) is 15.2. The van der Waals surface area contributed by atoms with Crippen molar-refractivity contribution in [3.8, 4) is 0 Å². The van der Waals surface area contributed by atoms with E-state index in [1.165, 1.54) is 0 Å². The van der Waals surface area contributed by atoms with Gasteiger partial charge in [0, 0.05) is 10.0 Å². The number of hydrogen-bond donors (Lipinski definition) is 1. The smallest absolute Gasteiger partial charge is 0.258 e. The van der Waals surface area contributed by atoms with E-state index in [0.717, 1.165) is 10.0 Å². The molecule has 1 aromatic rings. The van der Waals surface area contributed by atoms with Gasteiger partial charge in [0.25, 0.3) is 5.91 Å². The summed E-state index contributed by atoms with van der Waals surface area (Å²) in [5, 5.41) is 2.26. The summed E-state index contributed by atoms with van der Waals surface area (Å²) in [4.78, 5) is 22.3. The molecule has 0 aromatic heterocycles. The van der Waals surface area contributed by atoms with Crippen LogP contribution in [0.2, 0.25) is 0 Å². The van der Waals surface area contributed by atoms with Crippen LogP contribution in [0.4, 0.5) is 0 Å². The Morgan fingerprint density at radius 1 is 1.31 bits per heavy atom. The zero-order chi connectivity index (χ0) is 9.42. The van der Waals surface area contributed by atoms with E-state index in [2.05, 4.69) is 21.2 Å². The first-order valence-electron chi connectivity index (χ1n) is 3.80. The molecule has 1 aromatic carbocycles. The van der Waals surface area contributed by atoms with E-state index in [9.17, 15) is 9.59 Å². The van der Waals surface area contributed by atoms with E-state index in [1.807, 2.05) is 6.07 Å². The molecular formula is C9H6BrNO2. The van der Waals surface area contributed by atoms with Crippen molar-refractivity contribution in [2.75, 3.05) is 0 Å². The number of amides is 2. The Labute approximate surface area is 83.3 Å². The molecule has 1 aliphatic heterocycles. The topological polar surface area (TPSA) is 46.2 Å². The average Bonchev–Trinajstić information content (AvgIpc) is 2.07. The molecule has 13 heavy (non-hydrogen) atoms. The van der Waals surface area contributed by atoms with E-state index < -0.39 is 0 Å². The quantitative estimate of drug-likeness (QED) is 0.694. The minimum atomic E-state index is -0.312. The molecule has 0 unspecified atom stereocenters. The Kier molecular flexibility index (Phi) is 1.92. The predicted octanol–water partition coefficient (Wildman–Crippen LogP) is 1.26. The van der Waals surface area contributed by atoms with Crippen LogP contribution < -0.4 is 5.32 Å². The maximum absolute atomic E-state index is 11.3. The van der Waals surface area contributed by atoms with Gasteiger partial charge in [0.05, 0.1) is 6.42 Å². The molecule has 1 aliphatic rings. The lowest BCUT2D eigenvalue weighted by atomic mass is 10.0. The average molecular weight is 240 g/mol. The third kappa shape index (κ3) is 1.37. The maximum atomic E-state index is 11.3. The summed E-state index contributed by atoms with van der Waals surface area (Å²) < 4.78 is 0.813. The van der Waals surface area contributed by atoms with Crippen molar-refractivity contribution in [3.63, 3.8) is 0 Å². The summed E-state index contributed by atoms with van der Waals surface area (Å²) in [5.41, 5.74) is 1.35. The zero-order valence-electron chi connectivity index (χ0n) is 6.63. The predicted molar refractivity (Wildman–Crippen MR) is 50.3 cm³/mol. The first-order valence-corrected chi connectivity index (χ1v) is 4.59. The summed E-state index contributed by atoms with van der Waals surface area (Å²) in [6.07, 6.45) is 0.266. The van der Waals surface area contributed by atoms with Crippen LogP contribution in [0.25, 0.3) is 0 Å². The number of carbonyl (C=O) groups excluding carboxylic acids is 2. The van der Waals surface area contributed by atoms with Crippen molar-refractivity contribution < 1.29 is 9.59 Å². The second kappa shape index (κ2) is 2.96. The van der Waals surface area contributed by atoms with Crippen molar-refractivity contribution >= 4 is 27.7 Å². The molecule has 0 radical (unpaired) electrons. The first kappa shape index (κ1) is 8.44. The van der Waals surface area contributed by atoms with Gasteiger partial charge in [-0.3, -0.25) is 14.9 Å². The number of halogens is 1. The number of benzene rings is 1. The van der Waals surface area contributed by atoms with E-state index in [1.54, 1.807) is 12.1 Å². The third-order valence-corrected chi connectivity index (χ3v) is 2.70. The van der Waals surface area contributed by atoms with Crippen LogP contribution in [0.3, 0.4) is 0 Å². The van der Waals surface area contributed by atoms with Crippen molar-refractivity contribution in [3.05, 3.63) is 33.8 Å². The fourth-order valence-electron chi connectivity index (χ4n) is 1.35. The molecule has 0 aliphatic carbocycles. The lowest BCUT2D eigenvalue weighted by Crippen LogP contribution is -2.37. The fourth-order valence-corrected chi connectivity index (χ4v) is 1.86. The van der Waals surface area contributed by atoms with Gasteiger partial charge >= 0.3 is 0 Å². The molecule has 0 saturated carbocycles. The molecule has 1 N–H and O–H groups in total. The van der Waals surface area contributed by atoms with Gasteiger partial charge in [-0.15, -0.1) is 0 Å². The minimum absolute atomic E-state index is 0.246. The summed E-state index contributed by atoms with van der Waals surface area (Å²) in [7, 11) is 0. The Morgan fingerprint density at radius 3 is 2.85 bits per heavy atom. The number of fused-ring (bicyclic) bond motifs is 1. The lowest BCUT2D eigenvalue weighted by Gasteiger charge is -2.15. The van der Waals surface area contributed by atoms with Crippen LogP contribution in [0.15, 0.2) is 22.7 Å². The maximum Gasteiger partial charge on any atom is 0.258 e. The number of carbonyl (C=O) groups is 2. The van der Waals surface area contributed by atoms with Gasteiger partial charge in [-0.25, -0.2) is 0 Å². The van der Waals surface area contributed by atoms with Gasteiger partial charge in [-0.1, -0.05) is 22.0 Å². The molecule has 1 heterocycles. The SMILES string of the molecule is O=C1Cc2c(Br)cccc2C(=O)N1. The summed E-state index contributed by atoms with van der Waals surface area (Å²) in [6, 6.07) is 5.31. The van der Waals surface area contributed by atoms with Gasteiger partial charge < -0.3 is 0 Å². The van der Waals surface area contributed by atoms with Gasteiger partial charge in [0.2, 0.25) is 5.91 Å². The lowest BCUT2D eigenvalue weighted by molar-refractivity contribution is -0.119. The summed E-state index contributed by atoms with van der Waals surface area (Å²) in [6.45, 7) is 0. The Hall–Kier alpha value is -1.16. The highest BCUT2D eigenvalue weighted by atomic mass is 79.9. The molecule has 3 nitrogen and oxygen atoms in total. The number of rotatable bonds is 0. The Morgan fingerprint density at radius 2 is 2.08 bits per heavy atom. The van der Waals surface area contributed by atoms with Gasteiger partial charge in [0.15, 0.2) is 0 Å². The van der Waals surface area contributed by atoms with Crippen LogP contribution >= 0.6 is 15.9 Å². The van der Waals surface area contributed by atoms with Gasteiger partial charge in [-0.2, -0.15) is 0 Å². The second-order valence-corrected chi connectivity index (χ2v) is 3.67. The van der Waals surface area contributed by atoms with Crippen LogP contribution in [-0.4, -0.2) is 11.8 Å². The van der Waals surface area contributed by atoms with Crippen LogP contribution in [0, 0.1) is 0 Å². The largest absolute Gasteiger partial charge is 0.292 e. The monoisotopic (exact) mass is 239 g/mol. The van der Waals surface area contributed by atoms with Crippen molar-refractivity contribution in [2.24, 2.45) is 0 Å². The van der Waals surface area contributed by atoms with Crippen molar-refractivity contribution in [1.29, 1.82) is 0 Å². The first-order chi connectivity index (χ1) is 6.18. The van der Waals surface area contributed by atoms with Crippen LogP contribution in [0.1, 0.15) is 15.9 Å². The zero-order valence-corrected chi connectivity index (χ0v) is 8.22. The number of nitrogens with one attached hydrogen (secondary N) is 1. The molecule has 0 saturated heterocycles. The molecule has 2 amide bonds. The molecule has 0 fully saturated rings. The van der Waals surface area contributed by atoms with Gasteiger partial charge in [-0.05, 0) is 17.7 Å². The summed E-state index contributed by atoms with van der Waals surface area (Å²) in [5.74, 6) is -0.558. The van der Waals surface area contributed by atoms with E-state index in [-0.39, 0.29) is 18.2 Å². The second-order valence-electron chi connectivity index (χ2n) is 2.82. The van der Waals surface area contributed by atoms with E-state index >= 15 is 0 Å². The molecule has 0 atom stereocenters. The Bertz CT molecular complexity index is 401. The highest BCUT2D eigenvalue weighted by Gasteiger charge is 2.23. The molecule has 2 rings (SSSR count). The highest BCUT2D eigenvalue weighted by molar-refractivity contribution is 9.10. The third-order valence-electron chi connectivity index (χ3n) is 1.95. The molecule has 66 valence electrons. The van der Waals surface area contributed by atoms with Crippen molar-refractivity contribution in [2.45, 2.75) is 6.42 Å². The molecular weight excluding hydrogens is 234 g/mol. The van der Waals surface area contributed by atoms with E-state index in [4.69, 9.17) is 0 Å². The standard InChI is InChI=1S/C9H6BrNO2/c10-7-3-1-2-5-6(7)4-8(12)11-9(5)13/h1-3H,4H2,(H,11,12,13). The summed E-state index contributed by atoms with van der Waals surface area (Å²) >= 11 is 3.30. The molecule has 0 bridgehead atoms. The minimum Gasteiger partial charge on any atom is -0.292 e.